The van der Waals surface area contributed by atoms with Gasteiger partial charge < -0.3 is 24.6 Å². The second-order valence-corrected chi connectivity index (χ2v) is 9.04. The normalized spacial score (nSPS) is 22.4. The number of halogens is 2. The number of ether oxygens (including phenoxy) is 1. The maximum absolute atomic E-state index is 13.2. The number of thiazole rings is 1. The highest BCUT2D eigenvalue weighted by molar-refractivity contribution is 7.22. The Labute approximate surface area is 183 Å². The number of benzene rings is 2. The van der Waals surface area contributed by atoms with Crippen LogP contribution in [0.5, 0.6) is 5.75 Å². The molecule has 166 valence electrons. The largest absolute Gasteiger partial charge is 0.633 e. The lowest BCUT2D eigenvalue weighted by atomic mass is 10.0. The number of hydrogen-bond acceptors (Lipinski definition) is 6. The number of quaternary nitrogens is 1. The van der Waals surface area contributed by atoms with Crippen molar-refractivity contribution in [3.63, 3.8) is 0 Å². The predicted octanol–water partition coefficient (Wildman–Crippen LogP) is 3.93. The number of aromatic nitrogens is 1. The van der Waals surface area contributed by atoms with E-state index in [0.717, 1.165) is 27.5 Å². The van der Waals surface area contributed by atoms with Crippen molar-refractivity contribution in [1.29, 1.82) is 0 Å². The molecule has 1 aliphatic heterocycles. The third kappa shape index (κ3) is 5.12. The molecule has 0 amide bonds. The van der Waals surface area contributed by atoms with Gasteiger partial charge in [0.15, 0.2) is 16.8 Å². The van der Waals surface area contributed by atoms with E-state index in [1.807, 2.05) is 25.2 Å². The van der Waals surface area contributed by atoms with E-state index in [4.69, 9.17) is 9.72 Å². The lowest BCUT2D eigenvalue weighted by molar-refractivity contribution is -0.888. The van der Waals surface area contributed by atoms with Gasteiger partial charge in [0.05, 0.1) is 23.3 Å². The molecule has 0 spiro atoms. The van der Waals surface area contributed by atoms with Crippen molar-refractivity contribution in [3.8, 4) is 5.75 Å². The van der Waals surface area contributed by atoms with E-state index in [0.29, 0.717) is 25.9 Å². The summed E-state index contributed by atoms with van der Waals surface area (Å²) in [5, 5.41) is 24.3. The Morgan fingerprint density at radius 3 is 2.68 bits per heavy atom. The van der Waals surface area contributed by atoms with Crippen LogP contribution in [-0.2, 0) is 0 Å². The number of para-hydroxylation sites is 1. The molecule has 0 bridgehead atoms. The molecule has 1 fully saturated rings. The number of likely N-dealkylation sites (tertiary alicyclic amines) is 1. The fourth-order valence-electron chi connectivity index (χ4n) is 3.96. The van der Waals surface area contributed by atoms with Crippen molar-refractivity contribution in [2.75, 3.05) is 38.2 Å². The molecule has 1 saturated heterocycles. The summed E-state index contributed by atoms with van der Waals surface area (Å²) in [4.78, 5) is 6.84. The number of anilines is 1. The van der Waals surface area contributed by atoms with E-state index < -0.39 is 22.4 Å². The van der Waals surface area contributed by atoms with Gasteiger partial charge in [-0.05, 0) is 24.3 Å². The molecule has 4 rings (SSSR count). The highest BCUT2D eigenvalue weighted by Gasteiger charge is 2.32. The fraction of sp³-hybridized carbons (Fsp3) is 0.409. The van der Waals surface area contributed by atoms with Crippen molar-refractivity contribution in [1.82, 2.24) is 4.98 Å². The molecular weight excluding hydrogens is 424 g/mol. The van der Waals surface area contributed by atoms with Crippen LogP contribution in [0.4, 0.5) is 13.9 Å². The molecule has 1 N–H and O–H groups in total. The Morgan fingerprint density at radius 1 is 1.23 bits per heavy atom. The summed E-state index contributed by atoms with van der Waals surface area (Å²) in [6, 6.07) is 11.4. The average Bonchev–Trinajstić information content (AvgIpc) is 3.19. The molecule has 0 radical (unpaired) electrons. The molecular formula is C22H25F2N3O3S. The third-order valence-electron chi connectivity index (χ3n) is 5.75. The van der Waals surface area contributed by atoms with Crippen LogP contribution < -0.4 is 9.64 Å². The number of aliphatic hydroxyl groups is 1. The molecule has 2 aromatic carbocycles. The number of nitrogens with zero attached hydrogens (tertiary/aromatic N) is 3. The molecule has 0 unspecified atom stereocenters. The van der Waals surface area contributed by atoms with Gasteiger partial charge in [0.1, 0.15) is 25.0 Å². The van der Waals surface area contributed by atoms with Crippen molar-refractivity contribution < 1.29 is 23.3 Å². The van der Waals surface area contributed by atoms with Gasteiger partial charge in [0.25, 0.3) is 0 Å². The van der Waals surface area contributed by atoms with E-state index in [9.17, 15) is 19.1 Å². The minimum Gasteiger partial charge on any atom is -0.633 e. The minimum atomic E-state index is -1.02. The Hall–Kier alpha value is -2.33. The smallest absolute Gasteiger partial charge is 0.186 e. The first-order valence-electron chi connectivity index (χ1n) is 10.2. The lowest BCUT2D eigenvalue weighted by Crippen LogP contribution is -2.56. The van der Waals surface area contributed by atoms with Crippen molar-refractivity contribution in [2.24, 2.45) is 0 Å². The SMILES string of the molecule is CN(c1nc2ccccc2s1)C1CC[N+]([O-])(C[C@H](O)COc2ccc(F)c(F)c2)CC1. The average molecular weight is 450 g/mol. The van der Waals surface area contributed by atoms with E-state index in [-0.39, 0.29) is 24.9 Å². The van der Waals surface area contributed by atoms with Crippen LogP contribution in [0.1, 0.15) is 12.8 Å². The van der Waals surface area contributed by atoms with Gasteiger partial charge in [-0.2, -0.15) is 0 Å². The summed E-state index contributed by atoms with van der Waals surface area (Å²) in [5.74, 6) is -1.86. The summed E-state index contributed by atoms with van der Waals surface area (Å²) < 4.78 is 32.2. The van der Waals surface area contributed by atoms with Crippen LogP contribution in [0.3, 0.4) is 0 Å². The Bertz CT molecular complexity index is 1010. The van der Waals surface area contributed by atoms with Gasteiger partial charge in [-0.1, -0.05) is 23.5 Å². The van der Waals surface area contributed by atoms with E-state index >= 15 is 0 Å². The van der Waals surface area contributed by atoms with Crippen molar-refractivity contribution >= 4 is 26.7 Å². The first kappa shape index (κ1) is 21.9. The Morgan fingerprint density at radius 2 is 1.97 bits per heavy atom. The number of hydrogen-bond donors (Lipinski definition) is 1. The number of aliphatic hydroxyl groups excluding tert-OH is 1. The van der Waals surface area contributed by atoms with Crippen molar-refractivity contribution in [3.05, 3.63) is 59.3 Å². The van der Waals surface area contributed by atoms with Gasteiger partial charge in [-0.15, -0.1) is 0 Å². The molecule has 31 heavy (non-hydrogen) atoms. The van der Waals surface area contributed by atoms with Crippen LogP contribution in [0.2, 0.25) is 0 Å². The monoisotopic (exact) mass is 449 g/mol. The first-order chi connectivity index (χ1) is 14.8. The maximum Gasteiger partial charge on any atom is 0.186 e. The topological polar surface area (TPSA) is 68.7 Å². The zero-order chi connectivity index (χ0) is 22.0. The first-order valence-corrected chi connectivity index (χ1v) is 11.1. The molecule has 2 heterocycles. The summed E-state index contributed by atoms with van der Waals surface area (Å²) in [6.45, 7) is 0.633. The fourth-order valence-corrected chi connectivity index (χ4v) is 4.96. The summed E-state index contributed by atoms with van der Waals surface area (Å²) >= 11 is 1.64. The molecule has 3 aromatic rings. The minimum absolute atomic E-state index is 0.00124. The number of hydroxylamine groups is 3. The second-order valence-electron chi connectivity index (χ2n) is 8.03. The number of piperidine rings is 1. The van der Waals surface area contributed by atoms with Crippen LogP contribution >= 0.6 is 11.3 Å². The van der Waals surface area contributed by atoms with Crippen LogP contribution in [0, 0.1) is 16.8 Å². The Balaban J connectivity index is 1.28. The van der Waals surface area contributed by atoms with Gasteiger partial charge in [0.2, 0.25) is 0 Å². The lowest BCUT2D eigenvalue weighted by Gasteiger charge is -2.49. The number of fused-ring (bicyclic) bond motifs is 1. The van der Waals surface area contributed by atoms with Gasteiger partial charge in [0, 0.05) is 32.0 Å². The molecule has 1 aliphatic rings. The van der Waals surface area contributed by atoms with Crippen LogP contribution in [0.25, 0.3) is 10.2 Å². The summed E-state index contributed by atoms with van der Waals surface area (Å²) in [6.07, 6.45) is 0.406. The highest BCUT2D eigenvalue weighted by Crippen LogP contribution is 2.32. The molecule has 1 aromatic heterocycles. The molecule has 9 heteroatoms. The van der Waals surface area contributed by atoms with Gasteiger partial charge in [-0.3, -0.25) is 0 Å². The quantitative estimate of drug-likeness (QED) is 0.437. The number of rotatable bonds is 7. The van der Waals surface area contributed by atoms with Crippen molar-refractivity contribution in [2.45, 2.75) is 25.0 Å². The Kier molecular flexibility index (Phi) is 6.38. The second kappa shape index (κ2) is 9.04. The molecule has 0 aliphatic carbocycles. The van der Waals surface area contributed by atoms with Crippen LogP contribution in [0.15, 0.2) is 42.5 Å². The molecule has 0 saturated carbocycles. The highest BCUT2D eigenvalue weighted by atomic mass is 32.1. The zero-order valence-corrected chi connectivity index (χ0v) is 18.0. The molecule has 1 atom stereocenters. The standard InChI is InChI=1S/C22H25F2N3O3S/c1-26(22-25-20-4-2-3-5-21(20)31-22)15-8-10-27(29,11-9-15)13-16(28)14-30-17-6-7-18(23)19(24)12-17/h2-7,12,15-16,28H,8-11,13-14H2,1H3/t15?,16-,27?/m0/s1. The predicted molar refractivity (Wildman–Crippen MR) is 117 cm³/mol. The summed E-state index contributed by atoms with van der Waals surface area (Å²) in [7, 11) is 2.01. The summed E-state index contributed by atoms with van der Waals surface area (Å²) in [5.41, 5.74) is 0.975. The zero-order valence-electron chi connectivity index (χ0n) is 17.2. The van der Waals surface area contributed by atoms with E-state index in [1.54, 1.807) is 11.3 Å². The third-order valence-corrected chi connectivity index (χ3v) is 6.88. The van der Waals surface area contributed by atoms with Gasteiger partial charge in [-0.25, -0.2) is 13.8 Å². The van der Waals surface area contributed by atoms with E-state index in [2.05, 4.69) is 11.0 Å². The van der Waals surface area contributed by atoms with E-state index in [1.165, 1.54) is 6.07 Å². The molecule has 6 nitrogen and oxygen atoms in total. The maximum atomic E-state index is 13.2. The van der Waals surface area contributed by atoms with Crippen LogP contribution in [-0.4, -0.2) is 60.2 Å². The van der Waals surface area contributed by atoms with Gasteiger partial charge >= 0.3 is 0 Å².